The normalized spacial score (nSPS) is 29.2. The van der Waals surface area contributed by atoms with Gasteiger partial charge in [0.1, 0.15) is 0 Å². The van der Waals surface area contributed by atoms with E-state index < -0.39 is 0 Å². The van der Waals surface area contributed by atoms with Crippen molar-refractivity contribution >= 4 is 0 Å². The van der Waals surface area contributed by atoms with E-state index in [-0.39, 0.29) is 0 Å². The molecule has 2 aliphatic heterocycles. The third-order valence-electron chi connectivity index (χ3n) is 4.46. The number of nitrogens with one attached hydrogen (secondary N) is 1. The van der Waals surface area contributed by atoms with Crippen molar-refractivity contribution in [2.45, 2.75) is 32.4 Å². The molecule has 0 saturated carbocycles. The lowest BCUT2D eigenvalue weighted by molar-refractivity contribution is 0.153. The largest absolute Gasteiger partial charge is 0.315 e. The maximum atomic E-state index is 3.55. The van der Waals surface area contributed by atoms with E-state index in [1.807, 2.05) is 0 Å². The molecule has 92 valence electrons. The summed E-state index contributed by atoms with van der Waals surface area (Å²) in [4.78, 5) is 2.69. The molecule has 17 heavy (non-hydrogen) atoms. The Hall–Kier alpha value is -0.860. The van der Waals surface area contributed by atoms with Gasteiger partial charge in [0.15, 0.2) is 0 Å². The van der Waals surface area contributed by atoms with Crippen LogP contribution in [0.4, 0.5) is 0 Å². The van der Waals surface area contributed by atoms with E-state index >= 15 is 0 Å². The number of rotatable bonds is 2. The zero-order valence-electron chi connectivity index (χ0n) is 10.7. The Balaban J connectivity index is 1.75. The summed E-state index contributed by atoms with van der Waals surface area (Å²) in [5, 5.41) is 3.55. The maximum absolute atomic E-state index is 3.55. The van der Waals surface area contributed by atoms with Crippen molar-refractivity contribution in [3.63, 3.8) is 0 Å². The molecule has 2 aliphatic rings. The van der Waals surface area contributed by atoms with Crippen LogP contribution >= 0.6 is 0 Å². The lowest BCUT2D eigenvalue weighted by Gasteiger charge is -2.36. The number of fused-ring (bicyclic) bond motifs is 1. The Morgan fingerprint density at radius 1 is 1.24 bits per heavy atom. The van der Waals surface area contributed by atoms with Gasteiger partial charge < -0.3 is 5.32 Å². The van der Waals surface area contributed by atoms with Crippen LogP contribution in [0.3, 0.4) is 0 Å². The highest BCUT2D eigenvalue weighted by molar-refractivity contribution is 5.29. The van der Waals surface area contributed by atoms with E-state index in [4.69, 9.17) is 0 Å². The fourth-order valence-corrected chi connectivity index (χ4v) is 3.36. The van der Waals surface area contributed by atoms with Crippen LogP contribution < -0.4 is 5.32 Å². The van der Waals surface area contributed by atoms with Gasteiger partial charge in [-0.3, -0.25) is 4.90 Å². The molecule has 0 radical (unpaired) electrons. The van der Waals surface area contributed by atoms with E-state index in [9.17, 15) is 0 Å². The molecule has 1 N–H and O–H groups in total. The molecule has 2 atom stereocenters. The maximum Gasteiger partial charge on any atom is 0.0264 e. The topological polar surface area (TPSA) is 15.3 Å². The Kier molecular flexibility index (Phi) is 3.17. The Morgan fingerprint density at radius 3 is 2.88 bits per heavy atom. The van der Waals surface area contributed by atoms with Gasteiger partial charge in [-0.2, -0.15) is 0 Å². The fourth-order valence-electron chi connectivity index (χ4n) is 3.36. The second-order valence-electron chi connectivity index (χ2n) is 5.38. The molecule has 0 aliphatic carbocycles. The minimum absolute atomic E-state index is 0.758. The monoisotopic (exact) mass is 230 g/mol. The highest BCUT2D eigenvalue weighted by atomic mass is 15.2. The predicted octanol–water partition coefficient (Wildman–Crippen LogP) is 2.04. The summed E-state index contributed by atoms with van der Waals surface area (Å²) in [6.45, 7) is 7.10. The van der Waals surface area contributed by atoms with Crippen molar-refractivity contribution < 1.29 is 0 Å². The number of benzene rings is 1. The van der Waals surface area contributed by atoms with Gasteiger partial charge in [-0.25, -0.2) is 0 Å². The van der Waals surface area contributed by atoms with Gasteiger partial charge in [-0.15, -0.1) is 0 Å². The summed E-state index contributed by atoms with van der Waals surface area (Å²) < 4.78 is 0. The lowest BCUT2D eigenvalue weighted by Crippen LogP contribution is -2.43. The van der Waals surface area contributed by atoms with Crippen molar-refractivity contribution in [1.29, 1.82) is 0 Å². The van der Waals surface area contributed by atoms with Gasteiger partial charge in [-0.05, 0) is 30.0 Å². The molecule has 2 nitrogen and oxygen atoms in total. The molecular formula is C15H22N2. The quantitative estimate of drug-likeness (QED) is 0.836. The minimum Gasteiger partial charge on any atom is -0.315 e. The molecule has 2 heteroatoms. The zero-order chi connectivity index (χ0) is 11.7. The third-order valence-corrected chi connectivity index (χ3v) is 4.46. The smallest absolute Gasteiger partial charge is 0.0264 e. The number of hydrogen-bond acceptors (Lipinski definition) is 2. The summed E-state index contributed by atoms with van der Waals surface area (Å²) >= 11 is 0. The summed E-state index contributed by atoms with van der Waals surface area (Å²) in [7, 11) is 0. The van der Waals surface area contributed by atoms with Crippen LogP contribution in [0.25, 0.3) is 0 Å². The molecule has 1 saturated heterocycles. The first kappa shape index (κ1) is 11.2. The summed E-state index contributed by atoms with van der Waals surface area (Å²) in [5.41, 5.74) is 3.10. The Labute approximate surface area is 104 Å². The Morgan fingerprint density at radius 2 is 2.06 bits per heavy atom. The second kappa shape index (κ2) is 4.79. The zero-order valence-corrected chi connectivity index (χ0v) is 10.7. The molecule has 0 bridgehead atoms. The summed E-state index contributed by atoms with van der Waals surface area (Å²) in [5.74, 6) is 0.847. The van der Waals surface area contributed by atoms with Gasteiger partial charge >= 0.3 is 0 Å². The number of hydrogen-bond donors (Lipinski definition) is 1. The van der Waals surface area contributed by atoms with E-state index in [1.54, 1.807) is 11.1 Å². The van der Waals surface area contributed by atoms with Crippen LogP contribution in [0.15, 0.2) is 24.3 Å². The molecule has 1 aromatic carbocycles. The molecule has 2 unspecified atom stereocenters. The van der Waals surface area contributed by atoms with Crippen molar-refractivity contribution in [2.24, 2.45) is 5.92 Å². The van der Waals surface area contributed by atoms with Gasteiger partial charge in [0.2, 0.25) is 0 Å². The highest BCUT2D eigenvalue weighted by Crippen LogP contribution is 2.25. The van der Waals surface area contributed by atoms with E-state index in [0.717, 1.165) is 18.5 Å². The molecule has 1 aromatic rings. The number of nitrogens with zero attached hydrogens (tertiary/aromatic N) is 1. The van der Waals surface area contributed by atoms with Crippen LogP contribution in [0.2, 0.25) is 0 Å². The van der Waals surface area contributed by atoms with Gasteiger partial charge in [0, 0.05) is 25.7 Å². The van der Waals surface area contributed by atoms with Crippen molar-refractivity contribution in [3.8, 4) is 0 Å². The summed E-state index contributed by atoms with van der Waals surface area (Å²) in [6.07, 6.45) is 2.53. The van der Waals surface area contributed by atoms with Crippen molar-refractivity contribution in [1.82, 2.24) is 10.2 Å². The third kappa shape index (κ3) is 2.12. The van der Waals surface area contributed by atoms with Crippen LogP contribution in [-0.4, -0.2) is 30.6 Å². The molecule has 2 heterocycles. The average Bonchev–Trinajstić information content (AvgIpc) is 2.86. The van der Waals surface area contributed by atoms with Crippen LogP contribution in [0.5, 0.6) is 0 Å². The fraction of sp³-hybridized carbons (Fsp3) is 0.600. The van der Waals surface area contributed by atoms with E-state index in [2.05, 4.69) is 41.4 Å². The van der Waals surface area contributed by atoms with Gasteiger partial charge in [-0.1, -0.05) is 37.6 Å². The van der Waals surface area contributed by atoms with Crippen LogP contribution in [0.1, 0.15) is 24.5 Å². The SMILES string of the molecule is CCC1CNCC1N1CCc2ccccc2C1. The van der Waals surface area contributed by atoms with Crippen LogP contribution in [0, 0.1) is 5.92 Å². The van der Waals surface area contributed by atoms with E-state index in [1.165, 1.54) is 32.5 Å². The average molecular weight is 230 g/mol. The molecular weight excluding hydrogens is 208 g/mol. The first-order valence-electron chi connectivity index (χ1n) is 6.90. The van der Waals surface area contributed by atoms with E-state index in [0.29, 0.717) is 0 Å². The highest BCUT2D eigenvalue weighted by Gasteiger charge is 2.32. The first-order valence-corrected chi connectivity index (χ1v) is 6.90. The lowest BCUT2D eigenvalue weighted by atomic mass is 9.94. The van der Waals surface area contributed by atoms with Crippen molar-refractivity contribution in [2.75, 3.05) is 19.6 Å². The Bertz CT molecular complexity index is 388. The molecule has 0 spiro atoms. The summed E-state index contributed by atoms with van der Waals surface area (Å²) in [6, 6.07) is 9.68. The van der Waals surface area contributed by atoms with Gasteiger partial charge in [0.05, 0.1) is 0 Å². The molecule has 0 amide bonds. The standard InChI is InChI=1S/C15H22N2/c1-2-12-9-16-10-15(12)17-8-7-13-5-3-4-6-14(13)11-17/h3-6,12,15-16H,2,7-11H2,1H3. The first-order chi connectivity index (χ1) is 8.38. The van der Waals surface area contributed by atoms with Crippen LogP contribution in [-0.2, 0) is 13.0 Å². The predicted molar refractivity (Wildman–Crippen MR) is 71.0 cm³/mol. The second-order valence-corrected chi connectivity index (χ2v) is 5.38. The molecule has 1 fully saturated rings. The molecule has 3 rings (SSSR count). The van der Waals surface area contributed by atoms with Gasteiger partial charge in [0.25, 0.3) is 0 Å². The van der Waals surface area contributed by atoms with Crippen molar-refractivity contribution in [3.05, 3.63) is 35.4 Å². The minimum atomic E-state index is 0.758. The molecule has 0 aromatic heterocycles.